The summed E-state index contributed by atoms with van der Waals surface area (Å²) >= 11 is 6.44. The molecule has 0 saturated carbocycles. The standard InChI is InChI=1S/C13H15FN4OS2/c1-9-16-17-13(20)18(9)7-6-15-12(19)8-21-11-4-2-10(14)3-5-11/h2-5H,6-8H2,1H3,(H,15,19)(H,17,20). The number of carbonyl (C=O) groups excluding carboxylic acids is 1. The highest BCUT2D eigenvalue weighted by Crippen LogP contribution is 2.17. The molecule has 0 bridgehead atoms. The highest BCUT2D eigenvalue weighted by atomic mass is 32.2. The van der Waals surface area contributed by atoms with E-state index in [1.165, 1.54) is 23.9 Å². The summed E-state index contributed by atoms with van der Waals surface area (Å²) in [6.07, 6.45) is 0. The molecule has 1 aromatic carbocycles. The van der Waals surface area contributed by atoms with Crippen molar-refractivity contribution in [3.8, 4) is 0 Å². The van der Waals surface area contributed by atoms with E-state index in [1.54, 1.807) is 12.1 Å². The quantitative estimate of drug-likeness (QED) is 0.631. The van der Waals surface area contributed by atoms with E-state index in [2.05, 4.69) is 15.5 Å². The summed E-state index contributed by atoms with van der Waals surface area (Å²) in [5.74, 6) is 0.726. The largest absolute Gasteiger partial charge is 0.354 e. The molecule has 2 aromatic rings. The second kappa shape index (κ2) is 7.37. The Labute approximate surface area is 130 Å². The molecule has 1 heterocycles. The number of rotatable bonds is 6. The van der Waals surface area contributed by atoms with Crippen molar-refractivity contribution in [2.24, 2.45) is 0 Å². The van der Waals surface area contributed by atoms with Crippen LogP contribution in [0.3, 0.4) is 0 Å². The Kier molecular flexibility index (Phi) is 5.51. The van der Waals surface area contributed by atoms with Crippen LogP contribution in [-0.4, -0.2) is 33.0 Å². The molecule has 1 aromatic heterocycles. The van der Waals surface area contributed by atoms with Crippen molar-refractivity contribution in [1.82, 2.24) is 20.1 Å². The monoisotopic (exact) mass is 326 g/mol. The van der Waals surface area contributed by atoms with E-state index in [1.807, 2.05) is 11.5 Å². The molecule has 0 spiro atoms. The number of nitrogens with one attached hydrogen (secondary N) is 2. The fraction of sp³-hybridized carbons (Fsp3) is 0.308. The number of amides is 1. The number of hydrogen-bond acceptors (Lipinski definition) is 4. The van der Waals surface area contributed by atoms with Gasteiger partial charge in [-0.25, -0.2) is 4.39 Å². The maximum absolute atomic E-state index is 12.7. The summed E-state index contributed by atoms with van der Waals surface area (Å²) in [6.45, 7) is 2.91. The van der Waals surface area contributed by atoms with E-state index in [9.17, 15) is 9.18 Å². The van der Waals surface area contributed by atoms with Crippen LogP contribution >= 0.6 is 24.0 Å². The molecular formula is C13H15FN4OS2. The van der Waals surface area contributed by atoms with Gasteiger partial charge < -0.3 is 9.88 Å². The zero-order chi connectivity index (χ0) is 15.2. The van der Waals surface area contributed by atoms with Crippen molar-refractivity contribution in [3.63, 3.8) is 0 Å². The van der Waals surface area contributed by atoms with Gasteiger partial charge in [-0.3, -0.25) is 9.89 Å². The molecule has 5 nitrogen and oxygen atoms in total. The number of hydrogen-bond donors (Lipinski definition) is 2. The van der Waals surface area contributed by atoms with Crippen LogP contribution < -0.4 is 5.32 Å². The Bertz CT molecular complexity index is 666. The lowest BCUT2D eigenvalue weighted by molar-refractivity contribution is -0.118. The van der Waals surface area contributed by atoms with Crippen molar-refractivity contribution in [1.29, 1.82) is 0 Å². The van der Waals surface area contributed by atoms with E-state index in [-0.39, 0.29) is 11.7 Å². The molecule has 0 aliphatic carbocycles. The average molecular weight is 326 g/mol. The lowest BCUT2D eigenvalue weighted by Gasteiger charge is -2.06. The van der Waals surface area contributed by atoms with Gasteiger partial charge in [-0.05, 0) is 43.4 Å². The van der Waals surface area contributed by atoms with Gasteiger partial charge in [-0.15, -0.1) is 11.8 Å². The molecule has 0 radical (unpaired) electrons. The van der Waals surface area contributed by atoms with Gasteiger partial charge in [0, 0.05) is 18.0 Å². The zero-order valence-corrected chi connectivity index (χ0v) is 13.1. The SMILES string of the molecule is Cc1n[nH]c(=S)n1CCNC(=O)CSc1ccc(F)cc1. The lowest BCUT2D eigenvalue weighted by Crippen LogP contribution is -2.28. The van der Waals surface area contributed by atoms with E-state index < -0.39 is 0 Å². The van der Waals surface area contributed by atoms with Crippen LogP contribution in [0, 0.1) is 17.5 Å². The molecule has 0 atom stereocenters. The fourth-order valence-electron chi connectivity index (χ4n) is 1.70. The molecule has 112 valence electrons. The molecule has 8 heteroatoms. The number of aromatic amines is 1. The van der Waals surface area contributed by atoms with Crippen LogP contribution in [0.15, 0.2) is 29.2 Å². The number of H-pyrrole nitrogens is 1. The van der Waals surface area contributed by atoms with Gasteiger partial charge in [0.15, 0.2) is 4.77 Å². The van der Waals surface area contributed by atoms with Crippen molar-refractivity contribution in [2.45, 2.75) is 18.4 Å². The predicted octanol–water partition coefficient (Wildman–Crippen LogP) is 2.30. The van der Waals surface area contributed by atoms with Crippen LogP contribution in [0.1, 0.15) is 5.82 Å². The molecule has 1 amide bonds. The maximum Gasteiger partial charge on any atom is 0.230 e. The van der Waals surface area contributed by atoms with Gasteiger partial charge in [-0.2, -0.15) is 5.10 Å². The highest BCUT2D eigenvalue weighted by molar-refractivity contribution is 8.00. The molecule has 2 rings (SSSR count). The number of benzene rings is 1. The van der Waals surface area contributed by atoms with E-state index >= 15 is 0 Å². The third-order valence-corrected chi connectivity index (χ3v) is 4.11. The van der Waals surface area contributed by atoms with Crippen molar-refractivity contribution in [3.05, 3.63) is 40.7 Å². The number of aryl methyl sites for hydroxylation is 1. The zero-order valence-electron chi connectivity index (χ0n) is 11.4. The van der Waals surface area contributed by atoms with Crippen LogP contribution in [0.5, 0.6) is 0 Å². The number of carbonyl (C=O) groups is 1. The Balaban J connectivity index is 1.73. The second-order valence-corrected chi connectivity index (χ2v) is 5.76. The Morgan fingerprint density at radius 1 is 1.48 bits per heavy atom. The predicted molar refractivity (Wildman–Crippen MR) is 82.3 cm³/mol. The fourth-order valence-corrected chi connectivity index (χ4v) is 2.69. The van der Waals surface area contributed by atoms with Crippen LogP contribution in [-0.2, 0) is 11.3 Å². The van der Waals surface area contributed by atoms with Crippen LogP contribution in [0.4, 0.5) is 4.39 Å². The summed E-state index contributed by atoms with van der Waals surface area (Å²) < 4.78 is 15.1. The summed E-state index contributed by atoms with van der Waals surface area (Å²) in [5, 5.41) is 9.50. The highest BCUT2D eigenvalue weighted by Gasteiger charge is 2.04. The Morgan fingerprint density at radius 3 is 2.81 bits per heavy atom. The molecule has 0 unspecified atom stereocenters. The summed E-state index contributed by atoms with van der Waals surface area (Å²) in [6, 6.07) is 6.07. The summed E-state index contributed by atoms with van der Waals surface area (Å²) in [4.78, 5) is 12.6. The van der Waals surface area contributed by atoms with E-state index in [0.29, 0.717) is 23.6 Å². The second-order valence-electron chi connectivity index (χ2n) is 4.32. The topological polar surface area (TPSA) is 62.7 Å². The summed E-state index contributed by atoms with van der Waals surface area (Å²) in [7, 11) is 0. The van der Waals surface area contributed by atoms with Crippen molar-refractivity contribution < 1.29 is 9.18 Å². The molecule has 21 heavy (non-hydrogen) atoms. The van der Waals surface area contributed by atoms with Crippen molar-refractivity contribution in [2.75, 3.05) is 12.3 Å². The van der Waals surface area contributed by atoms with Gasteiger partial charge >= 0.3 is 0 Å². The third kappa shape index (κ3) is 4.68. The molecule has 0 aliphatic rings. The van der Waals surface area contributed by atoms with Gasteiger partial charge in [0.1, 0.15) is 11.6 Å². The average Bonchev–Trinajstić information content (AvgIpc) is 2.78. The van der Waals surface area contributed by atoms with Gasteiger partial charge in [0.2, 0.25) is 5.91 Å². The minimum atomic E-state index is -0.281. The Hall–Kier alpha value is -1.67. The lowest BCUT2D eigenvalue weighted by atomic mass is 10.4. The van der Waals surface area contributed by atoms with Gasteiger partial charge in [-0.1, -0.05) is 0 Å². The van der Waals surface area contributed by atoms with Crippen molar-refractivity contribution >= 4 is 29.9 Å². The van der Waals surface area contributed by atoms with Crippen LogP contribution in [0.2, 0.25) is 0 Å². The number of halogens is 1. The first-order chi connectivity index (χ1) is 10.1. The van der Waals surface area contributed by atoms with Crippen LogP contribution in [0.25, 0.3) is 0 Å². The van der Waals surface area contributed by atoms with Gasteiger partial charge in [0.05, 0.1) is 5.75 Å². The minimum absolute atomic E-state index is 0.0722. The number of nitrogens with zero attached hydrogens (tertiary/aromatic N) is 2. The first-order valence-corrected chi connectivity index (χ1v) is 7.72. The molecular weight excluding hydrogens is 311 g/mol. The molecule has 0 fully saturated rings. The maximum atomic E-state index is 12.7. The number of thioether (sulfide) groups is 1. The number of aromatic nitrogens is 3. The van der Waals surface area contributed by atoms with Gasteiger partial charge in [0.25, 0.3) is 0 Å². The molecule has 0 aliphatic heterocycles. The summed E-state index contributed by atoms with van der Waals surface area (Å²) in [5.41, 5.74) is 0. The molecule has 2 N–H and O–H groups in total. The van der Waals surface area contributed by atoms with E-state index in [0.717, 1.165) is 10.7 Å². The van der Waals surface area contributed by atoms with E-state index in [4.69, 9.17) is 12.2 Å². The smallest absolute Gasteiger partial charge is 0.230 e. The third-order valence-electron chi connectivity index (χ3n) is 2.79. The molecule has 0 saturated heterocycles. The first kappa shape index (κ1) is 15.7. The Morgan fingerprint density at radius 2 is 2.19 bits per heavy atom. The first-order valence-electron chi connectivity index (χ1n) is 6.33. The minimum Gasteiger partial charge on any atom is -0.354 e. The normalized spacial score (nSPS) is 10.6.